The molecule has 3 rings (SSSR count). The summed E-state index contributed by atoms with van der Waals surface area (Å²) in [6, 6.07) is 11.3. The van der Waals surface area contributed by atoms with Gasteiger partial charge in [-0.2, -0.15) is 0 Å². The number of nitrogens with zero attached hydrogens (tertiary/aromatic N) is 1. The lowest BCUT2D eigenvalue weighted by atomic mass is 9.81. The number of hydrogen-bond acceptors (Lipinski definition) is 4. The van der Waals surface area contributed by atoms with Gasteiger partial charge < -0.3 is 9.47 Å². The number of hydrogen-bond donors (Lipinski definition) is 0. The Morgan fingerprint density at radius 3 is 2.82 bits per heavy atom. The molecule has 0 bridgehead atoms. The molecule has 0 saturated heterocycles. The minimum absolute atomic E-state index is 0.101. The molecule has 1 atom stereocenters. The molecular formula is C18H19NO3. The third-order valence-corrected chi connectivity index (χ3v) is 3.93. The topological polar surface area (TPSA) is 48.4 Å². The number of carbonyl (C=O) groups excluding carboxylic acids is 1. The summed E-state index contributed by atoms with van der Waals surface area (Å²) >= 11 is 0. The van der Waals surface area contributed by atoms with Crippen molar-refractivity contribution in [2.45, 2.75) is 31.8 Å². The normalized spacial score (nSPS) is 19.0. The Morgan fingerprint density at radius 1 is 1.32 bits per heavy atom. The van der Waals surface area contributed by atoms with Gasteiger partial charge in [0.15, 0.2) is 0 Å². The predicted octanol–water partition coefficient (Wildman–Crippen LogP) is 3.56. The number of rotatable bonds is 2. The number of pyridine rings is 1. The molecular weight excluding hydrogens is 278 g/mol. The lowest BCUT2D eigenvalue weighted by Gasteiger charge is -2.37. The second-order valence-corrected chi connectivity index (χ2v) is 6.12. The van der Waals surface area contributed by atoms with Crippen molar-refractivity contribution in [2.24, 2.45) is 0 Å². The highest BCUT2D eigenvalue weighted by atomic mass is 16.5. The molecule has 2 heterocycles. The van der Waals surface area contributed by atoms with Crippen LogP contribution in [0.2, 0.25) is 0 Å². The molecule has 114 valence electrons. The van der Waals surface area contributed by atoms with Gasteiger partial charge in [-0.15, -0.1) is 0 Å². The fourth-order valence-corrected chi connectivity index (χ4v) is 2.95. The predicted molar refractivity (Wildman–Crippen MR) is 83.2 cm³/mol. The van der Waals surface area contributed by atoms with E-state index < -0.39 is 0 Å². The minimum Gasteiger partial charge on any atom is -0.488 e. The average molecular weight is 297 g/mol. The maximum atomic E-state index is 11.8. The Labute approximate surface area is 130 Å². The van der Waals surface area contributed by atoms with Crippen LogP contribution in [0.1, 0.15) is 47.8 Å². The fourth-order valence-electron chi connectivity index (χ4n) is 2.95. The van der Waals surface area contributed by atoms with E-state index in [-0.39, 0.29) is 17.5 Å². The number of benzene rings is 1. The highest BCUT2D eigenvalue weighted by Gasteiger charge is 2.35. The van der Waals surface area contributed by atoms with Crippen molar-refractivity contribution < 1.29 is 14.3 Å². The number of aromatic nitrogens is 1. The van der Waals surface area contributed by atoms with Gasteiger partial charge in [0.2, 0.25) is 0 Å². The Balaban J connectivity index is 2.10. The van der Waals surface area contributed by atoms with Crippen LogP contribution in [0, 0.1) is 0 Å². The van der Waals surface area contributed by atoms with Crippen LogP contribution in [0.3, 0.4) is 0 Å². The maximum absolute atomic E-state index is 11.8. The molecule has 1 aliphatic rings. The second-order valence-electron chi connectivity index (χ2n) is 6.12. The lowest BCUT2D eigenvalue weighted by molar-refractivity contribution is 0.0599. The van der Waals surface area contributed by atoms with Gasteiger partial charge in [0.05, 0.1) is 12.7 Å². The number of methoxy groups -OCH3 is 1. The van der Waals surface area contributed by atoms with E-state index in [9.17, 15) is 4.79 Å². The first-order valence-electron chi connectivity index (χ1n) is 7.32. The largest absolute Gasteiger partial charge is 0.488 e. The Bertz CT molecular complexity index is 695. The van der Waals surface area contributed by atoms with Gasteiger partial charge in [-0.25, -0.2) is 4.79 Å². The molecule has 1 aromatic heterocycles. The Morgan fingerprint density at radius 2 is 2.14 bits per heavy atom. The first-order valence-corrected chi connectivity index (χ1v) is 7.32. The van der Waals surface area contributed by atoms with Crippen molar-refractivity contribution >= 4 is 5.97 Å². The minimum atomic E-state index is -0.340. The monoisotopic (exact) mass is 297 g/mol. The summed E-state index contributed by atoms with van der Waals surface area (Å²) in [5, 5.41) is 0. The van der Waals surface area contributed by atoms with Crippen LogP contribution in [0.5, 0.6) is 5.75 Å². The van der Waals surface area contributed by atoms with Crippen molar-refractivity contribution in [1.82, 2.24) is 4.98 Å². The highest BCUT2D eigenvalue weighted by molar-refractivity contribution is 5.89. The van der Waals surface area contributed by atoms with Crippen LogP contribution < -0.4 is 4.74 Å². The summed E-state index contributed by atoms with van der Waals surface area (Å²) in [7, 11) is 1.39. The molecule has 1 aromatic carbocycles. The molecule has 4 nitrogen and oxygen atoms in total. The van der Waals surface area contributed by atoms with Gasteiger partial charge in [-0.1, -0.05) is 6.07 Å². The summed E-state index contributed by atoms with van der Waals surface area (Å²) in [5.41, 5.74) is 2.23. The van der Waals surface area contributed by atoms with Crippen molar-refractivity contribution in [3.63, 3.8) is 0 Å². The van der Waals surface area contributed by atoms with Crippen LogP contribution in [0.15, 0.2) is 42.6 Å². The van der Waals surface area contributed by atoms with Gasteiger partial charge >= 0.3 is 5.97 Å². The molecule has 0 fully saturated rings. The third kappa shape index (κ3) is 2.69. The average Bonchev–Trinajstić information content (AvgIpc) is 2.53. The number of fused-ring (bicyclic) bond motifs is 1. The summed E-state index contributed by atoms with van der Waals surface area (Å²) in [5.74, 6) is 0.566. The van der Waals surface area contributed by atoms with E-state index in [1.807, 2.05) is 30.3 Å². The Kier molecular flexibility index (Phi) is 3.61. The van der Waals surface area contributed by atoms with Crippen molar-refractivity contribution in [2.75, 3.05) is 7.11 Å². The highest BCUT2D eigenvalue weighted by Crippen LogP contribution is 2.43. The summed E-state index contributed by atoms with van der Waals surface area (Å²) in [4.78, 5) is 16.3. The van der Waals surface area contributed by atoms with Gasteiger partial charge in [0, 0.05) is 23.4 Å². The fraction of sp³-hybridized carbons (Fsp3) is 0.333. The number of ether oxygens (including phenoxy) is 2. The molecule has 0 radical (unpaired) electrons. The van der Waals surface area contributed by atoms with E-state index in [0.717, 1.165) is 23.4 Å². The molecule has 0 aliphatic carbocycles. The molecule has 4 heteroatoms. The summed E-state index contributed by atoms with van der Waals surface area (Å²) in [6.07, 6.45) is 2.60. The summed E-state index contributed by atoms with van der Waals surface area (Å²) in [6.45, 7) is 4.14. The van der Waals surface area contributed by atoms with Gasteiger partial charge in [-0.3, -0.25) is 4.98 Å². The van der Waals surface area contributed by atoms with Crippen molar-refractivity contribution in [3.05, 3.63) is 59.4 Å². The van der Waals surface area contributed by atoms with E-state index in [1.54, 1.807) is 12.3 Å². The molecule has 0 amide bonds. The molecule has 1 unspecified atom stereocenters. The first-order chi connectivity index (χ1) is 10.5. The lowest BCUT2D eigenvalue weighted by Crippen LogP contribution is -2.35. The van der Waals surface area contributed by atoms with Crippen LogP contribution in [-0.4, -0.2) is 23.7 Å². The zero-order valence-corrected chi connectivity index (χ0v) is 13.0. The van der Waals surface area contributed by atoms with E-state index in [4.69, 9.17) is 9.47 Å². The SMILES string of the molecule is COC(=O)c1ccc2c(c1)C(c1ccccn1)CC(C)(C)O2. The van der Waals surface area contributed by atoms with Crippen LogP contribution in [0.25, 0.3) is 0 Å². The van der Waals surface area contributed by atoms with E-state index in [0.29, 0.717) is 5.56 Å². The van der Waals surface area contributed by atoms with Crippen molar-refractivity contribution in [3.8, 4) is 5.75 Å². The summed E-state index contributed by atoms with van der Waals surface area (Å²) < 4.78 is 10.9. The smallest absolute Gasteiger partial charge is 0.337 e. The van der Waals surface area contributed by atoms with Gasteiger partial charge in [0.25, 0.3) is 0 Å². The van der Waals surface area contributed by atoms with Crippen LogP contribution >= 0.6 is 0 Å². The van der Waals surface area contributed by atoms with Crippen molar-refractivity contribution in [1.29, 1.82) is 0 Å². The zero-order chi connectivity index (χ0) is 15.7. The standard InChI is InChI=1S/C18H19NO3/c1-18(2)11-14(15-6-4-5-9-19-15)13-10-12(17(20)21-3)7-8-16(13)22-18/h4-10,14H,11H2,1-3H3. The van der Waals surface area contributed by atoms with Crippen LogP contribution in [-0.2, 0) is 4.74 Å². The van der Waals surface area contributed by atoms with E-state index in [1.165, 1.54) is 7.11 Å². The molecule has 0 N–H and O–H groups in total. The van der Waals surface area contributed by atoms with E-state index >= 15 is 0 Å². The van der Waals surface area contributed by atoms with E-state index in [2.05, 4.69) is 18.8 Å². The molecule has 0 saturated carbocycles. The van der Waals surface area contributed by atoms with Gasteiger partial charge in [0.1, 0.15) is 11.4 Å². The van der Waals surface area contributed by atoms with Crippen LogP contribution in [0.4, 0.5) is 0 Å². The number of esters is 1. The quantitative estimate of drug-likeness (QED) is 0.795. The second kappa shape index (κ2) is 5.44. The Hall–Kier alpha value is -2.36. The number of carbonyl (C=O) groups is 1. The molecule has 1 aliphatic heterocycles. The molecule has 22 heavy (non-hydrogen) atoms. The molecule has 2 aromatic rings. The van der Waals surface area contributed by atoms with Gasteiger partial charge in [-0.05, 0) is 50.6 Å². The zero-order valence-electron chi connectivity index (χ0n) is 13.0. The first kappa shape index (κ1) is 14.6. The maximum Gasteiger partial charge on any atom is 0.337 e. The third-order valence-electron chi connectivity index (χ3n) is 3.93. The molecule has 0 spiro atoms.